The smallest absolute Gasteiger partial charge is 0.172 e. The van der Waals surface area contributed by atoms with Gasteiger partial charge in [0.15, 0.2) is 7.14 Å². The zero-order chi connectivity index (χ0) is 36.2. The summed E-state index contributed by atoms with van der Waals surface area (Å²) in [6.45, 7) is 0. The van der Waals surface area contributed by atoms with Crippen molar-refractivity contribution >= 4 is 83.8 Å². The number of para-hydroxylation sites is 3. The molecule has 0 aromatic heterocycles. The van der Waals surface area contributed by atoms with Crippen molar-refractivity contribution in [1.82, 2.24) is 0 Å². The molecule has 5 heteroatoms. The average molecular weight is 717 g/mol. The van der Waals surface area contributed by atoms with Gasteiger partial charge in [0.2, 0.25) is 0 Å². The van der Waals surface area contributed by atoms with Gasteiger partial charge in [0, 0.05) is 54.5 Å². The monoisotopic (exact) mass is 716 g/mol. The van der Waals surface area contributed by atoms with Gasteiger partial charge in [-0.1, -0.05) is 133 Å². The SMILES string of the molecule is COc1cc2c3c(ccc4ccc5c(N(c6ccccc6)c6ccccc6)ccc(c5c43)P2(=O)c2ccccc2)c1N(c1ccccc1)C1C=CC=CC1. The van der Waals surface area contributed by atoms with E-state index in [2.05, 4.69) is 155 Å². The van der Waals surface area contributed by atoms with Gasteiger partial charge in [-0.3, -0.25) is 0 Å². The summed E-state index contributed by atoms with van der Waals surface area (Å²) in [6.07, 6.45) is 9.56. The Morgan fingerprint density at radius 2 is 1.19 bits per heavy atom. The standard InChI is InChI=1S/C49H37N2O2P/c1-53-43-33-45-48-41(49(43)51(37-21-11-4-12-22-37)38-23-13-5-14-24-38)30-28-34-27-29-40-42(50(35-17-7-2-8-18-35)36-19-9-3-10-20-36)31-32-44(47(40)46(34)48)54(45,52)39-25-15-6-16-26-39/h2-23,25-33,38H,24H2,1H3. The Bertz CT molecular complexity index is 2780. The van der Waals surface area contributed by atoms with Crippen LogP contribution in [-0.4, -0.2) is 13.2 Å². The minimum absolute atomic E-state index is 0.0555. The second-order valence-corrected chi connectivity index (χ2v) is 16.6. The Morgan fingerprint density at radius 1 is 0.593 bits per heavy atom. The van der Waals surface area contributed by atoms with Crippen LogP contribution in [0.3, 0.4) is 0 Å². The highest BCUT2D eigenvalue weighted by atomic mass is 31.2. The van der Waals surface area contributed by atoms with Crippen molar-refractivity contribution < 1.29 is 9.30 Å². The predicted octanol–water partition coefficient (Wildman–Crippen LogP) is 11.6. The van der Waals surface area contributed by atoms with E-state index in [1.54, 1.807) is 7.11 Å². The third kappa shape index (κ3) is 4.87. The molecule has 4 nitrogen and oxygen atoms in total. The number of nitrogens with zero attached hydrogens (tertiary/aromatic N) is 2. The molecular formula is C49H37N2O2P. The van der Waals surface area contributed by atoms with E-state index in [0.29, 0.717) is 5.75 Å². The molecule has 0 N–H and O–H groups in total. The molecule has 260 valence electrons. The Morgan fingerprint density at radius 3 is 1.80 bits per heavy atom. The topological polar surface area (TPSA) is 32.8 Å². The minimum Gasteiger partial charge on any atom is -0.495 e. The van der Waals surface area contributed by atoms with E-state index in [9.17, 15) is 0 Å². The number of allylic oxidation sites excluding steroid dienone is 2. The zero-order valence-corrected chi connectivity index (χ0v) is 30.7. The van der Waals surface area contributed by atoms with Crippen molar-refractivity contribution in [2.45, 2.75) is 12.5 Å². The van der Waals surface area contributed by atoms with Crippen molar-refractivity contribution in [1.29, 1.82) is 0 Å². The van der Waals surface area contributed by atoms with Crippen LogP contribution in [0.1, 0.15) is 6.42 Å². The highest BCUT2D eigenvalue weighted by molar-refractivity contribution is 7.86. The molecule has 2 atom stereocenters. The molecule has 0 bridgehead atoms. The lowest BCUT2D eigenvalue weighted by Gasteiger charge is -2.37. The van der Waals surface area contributed by atoms with Gasteiger partial charge in [0.1, 0.15) is 5.75 Å². The number of benzene rings is 8. The van der Waals surface area contributed by atoms with Crippen LogP contribution in [0.2, 0.25) is 0 Å². The zero-order valence-electron chi connectivity index (χ0n) is 29.8. The van der Waals surface area contributed by atoms with Gasteiger partial charge in [-0.05, 0) is 71.8 Å². The number of ether oxygens (including phenoxy) is 1. The first-order valence-electron chi connectivity index (χ1n) is 18.4. The molecule has 10 rings (SSSR count). The molecule has 8 aromatic rings. The first kappa shape index (κ1) is 32.3. The highest BCUT2D eigenvalue weighted by Gasteiger charge is 2.40. The minimum atomic E-state index is -3.44. The quantitative estimate of drug-likeness (QED) is 0.116. The normalized spacial score (nSPS) is 17.1. The Kier molecular flexibility index (Phi) is 7.75. The maximum Gasteiger partial charge on any atom is 0.172 e. The first-order chi connectivity index (χ1) is 26.7. The summed E-state index contributed by atoms with van der Waals surface area (Å²) in [7, 11) is -1.71. The van der Waals surface area contributed by atoms with E-state index in [1.807, 2.05) is 42.5 Å². The third-order valence-electron chi connectivity index (χ3n) is 11.0. The summed E-state index contributed by atoms with van der Waals surface area (Å²) in [6, 6.07) is 56.9. The van der Waals surface area contributed by atoms with Crippen LogP contribution in [-0.2, 0) is 4.57 Å². The summed E-state index contributed by atoms with van der Waals surface area (Å²) in [5.41, 5.74) is 5.19. The number of rotatable bonds is 8. The molecule has 1 heterocycles. The van der Waals surface area contributed by atoms with Crippen LogP contribution in [0.15, 0.2) is 188 Å². The van der Waals surface area contributed by atoms with Crippen LogP contribution in [0.5, 0.6) is 5.75 Å². The molecule has 0 saturated heterocycles. The van der Waals surface area contributed by atoms with Crippen molar-refractivity contribution in [3.8, 4) is 5.75 Å². The molecule has 0 saturated carbocycles. The molecule has 1 aliphatic heterocycles. The van der Waals surface area contributed by atoms with Crippen LogP contribution in [0, 0.1) is 0 Å². The number of hydrogen-bond acceptors (Lipinski definition) is 4. The van der Waals surface area contributed by atoms with Crippen LogP contribution in [0.4, 0.5) is 28.4 Å². The lowest BCUT2D eigenvalue weighted by Crippen LogP contribution is -2.32. The molecule has 1 aliphatic carbocycles. The van der Waals surface area contributed by atoms with E-state index in [0.717, 1.165) is 83.1 Å². The summed E-state index contributed by atoms with van der Waals surface area (Å²) in [4.78, 5) is 4.71. The summed E-state index contributed by atoms with van der Waals surface area (Å²) in [5.74, 6) is 0.700. The lowest BCUT2D eigenvalue weighted by atomic mass is 9.93. The van der Waals surface area contributed by atoms with Gasteiger partial charge in [-0.15, -0.1) is 0 Å². The molecule has 0 spiro atoms. The Labute approximate surface area is 315 Å². The van der Waals surface area contributed by atoms with Gasteiger partial charge < -0.3 is 19.1 Å². The second kappa shape index (κ2) is 12.9. The molecule has 2 unspecified atom stereocenters. The molecule has 0 amide bonds. The first-order valence-corrected chi connectivity index (χ1v) is 20.2. The molecule has 8 aromatic carbocycles. The van der Waals surface area contributed by atoms with Gasteiger partial charge in [-0.2, -0.15) is 0 Å². The number of methoxy groups -OCH3 is 1. The van der Waals surface area contributed by atoms with E-state index in [-0.39, 0.29) is 6.04 Å². The molecule has 0 fully saturated rings. The van der Waals surface area contributed by atoms with Crippen molar-refractivity contribution in [3.05, 3.63) is 188 Å². The van der Waals surface area contributed by atoms with E-state index in [4.69, 9.17) is 4.74 Å². The fourth-order valence-corrected chi connectivity index (χ4v) is 11.7. The van der Waals surface area contributed by atoms with E-state index < -0.39 is 7.14 Å². The second-order valence-electron chi connectivity index (χ2n) is 13.9. The fourth-order valence-electron chi connectivity index (χ4n) is 8.66. The van der Waals surface area contributed by atoms with Crippen LogP contribution in [0.25, 0.3) is 32.3 Å². The number of hydrogen-bond donors (Lipinski definition) is 0. The summed E-state index contributed by atoms with van der Waals surface area (Å²) in [5, 5.41) is 8.85. The Hall–Kier alpha value is -6.35. The number of anilines is 5. The van der Waals surface area contributed by atoms with Crippen LogP contribution >= 0.6 is 7.14 Å². The molecular weight excluding hydrogens is 680 g/mol. The fraction of sp³-hybridized carbons (Fsp3) is 0.0612. The van der Waals surface area contributed by atoms with Gasteiger partial charge in [0.25, 0.3) is 0 Å². The third-order valence-corrected chi connectivity index (χ3v) is 14.1. The van der Waals surface area contributed by atoms with E-state index >= 15 is 4.57 Å². The van der Waals surface area contributed by atoms with Crippen molar-refractivity contribution in [2.24, 2.45) is 0 Å². The summed E-state index contributed by atoms with van der Waals surface area (Å²) >= 11 is 0. The molecule has 2 aliphatic rings. The maximum atomic E-state index is 16.6. The van der Waals surface area contributed by atoms with Crippen molar-refractivity contribution in [2.75, 3.05) is 16.9 Å². The average Bonchev–Trinajstić information content (AvgIpc) is 3.25. The van der Waals surface area contributed by atoms with Gasteiger partial charge >= 0.3 is 0 Å². The van der Waals surface area contributed by atoms with Crippen molar-refractivity contribution in [3.63, 3.8) is 0 Å². The highest BCUT2D eigenvalue weighted by Crippen LogP contribution is 2.56. The Balaban J connectivity index is 1.37. The largest absolute Gasteiger partial charge is 0.495 e. The lowest BCUT2D eigenvalue weighted by molar-refractivity contribution is 0.415. The predicted molar refractivity (Wildman–Crippen MR) is 228 cm³/mol. The van der Waals surface area contributed by atoms with Gasteiger partial charge in [0.05, 0.1) is 24.5 Å². The molecule has 0 radical (unpaired) electrons. The van der Waals surface area contributed by atoms with Crippen LogP contribution < -0.4 is 30.5 Å². The summed E-state index contributed by atoms with van der Waals surface area (Å²) < 4.78 is 22.9. The van der Waals surface area contributed by atoms with E-state index in [1.165, 1.54) is 0 Å². The molecule has 54 heavy (non-hydrogen) atoms. The maximum absolute atomic E-state index is 16.6. The van der Waals surface area contributed by atoms with Gasteiger partial charge in [-0.25, -0.2) is 0 Å².